The van der Waals surface area contributed by atoms with E-state index in [0.29, 0.717) is 6.42 Å². The average molecular weight is 504 g/mol. The van der Waals surface area contributed by atoms with Crippen molar-refractivity contribution in [3.05, 3.63) is 59.7 Å². The van der Waals surface area contributed by atoms with Crippen LogP contribution in [0, 0.1) is 0 Å². The summed E-state index contributed by atoms with van der Waals surface area (Å²) >= 11 is 0. The molecule has 0 saturated carbocycles. The van der Waals surface area contributed by atoms with Crippen LogP contribution in [0.15, 0.2) is 48.5 Å². The Morgan fingerprint density at radius 1 is 1.00 bits per heavy atom. The van der Waals surface area contributed by atoms with Gasteiger partial charge in [0, 0.05) is 18.9 Å². The van der Waals surface area contributed by atoms with Crippen LogP contribution in [-0.2, 0) is 24.3 Å². The van der Waals surface area contributed by atoms with Gasteiger partial charge in [-0.25, -0.2) is 18.4 Å². The van der Waals surface area contributed by atoms with E-state index in [9.17, 15) is 22.8 Å². The summed E-state index contributed by atoms with van der Waals surface area (Å²) in [7, 11) is -3.58. The van der Waals surface area contributed by atoms with E-state index in [1.807, 2.05) is 48.5 Å². The molecular formula is C24H29N3O7S. The molecule has 2 aromatic rings. The molecule has 0 aliphatic heterocycles. The number of carbonyl (C=O) groups excluding carboxylic acids is 2. The van der Waals surface area contributed by atoms with Gasteiger partial charge in [0.05, 0.1) is 5.75 Å². The maximum Gasteiger partial charge on any atom is 0.407 e. The molecule has 2 amide bonds. The van der Waals surface area contributed by atoms with Gasteiger partial charge < -0.3 is 20.5 Å². The van der Waals surface area contributed by atoms with Crippen LogP contribution in [0.5, 0.6) is 0 Å². The zero-order chi connectivity index (χ0) is 25.4. The minimum atomic E-state index is -3.58. The highest BCUT2D eigenvalue weighted by molar-refractivity contribution is 7.89. The highest BCUT2D eigenvalue weighted by atomic mass is 32.2. The van der Waals surface area contributed by atoms with Gasteiger partial charge in [0.1, 0.15) is 12.6 Å². The van der Waals surface area contributed by atoms with Gasteiger partial charge in [-0.2, -0.15) is 0 Å². The third-order valence-corrected chi connectivity index (χ3v) is 6.61. The average Bonchev–Trinajstić information content (AvgIpc) is 3.13. The van der Waals surface area contributed by atoms with Crippen LogP contribution in [0.3, 0.4) is 0 Å². The molecule has 5 N–H and O–H groups in total. The number of ether oxygens (including phenoxy) is 1. The first-order valence-electron chi connectivity index (χ1n) is 11.3. The van der Waals surface area contributed by atoms with Crippen LogP contribution >= 0.6 is 0 Å². The number of nitrogens with one attached hydrogen (secondary N) is 2. The summed E-state index contributed by atoms with van der Waals surface area (Å²) < 4.78 is 27.4. The monoisotopic (exact) mass is 503 g/mol. The fraction of sp³-hybridized carbons (Fsp3) is 0.375. The first-order chi connectivity index (χ1) is 16.7. The highest BCUT2D eigenvalue weighted by Gasteiger charge is 2.30. The maximum absolute atomic E-state index is 12.5. The van der Waals surface area contributed by atoms with Crippen LogP contribution in [-0.4, -0.2) is 56.4 Å². The van der Waals surface area contributed by atoms with Crippen LogP contribution in [0.2, 0.25) is 0 Å². The second kappa shape index (κ2) is 11.8. The molecule has 3 rings (SSSR count). The summed E-state index contributed by atoms with van der Waals surface area (Å²) in [6.07, 6.45) is -0.653. The minimum absolute atomic E-state index is 0.0562. The van der Waals surface area contributed by atoms with E-state index in [2.05, 4.69) is 10.6 Å². The SMILES string of the molecule is NS(=O)(=O)CCCCNC(=O)C(CCC(=O)O)NC(=O)OCC1c2ccccc2-c2ccccc21. The number of alkyl carbamates (subject to hydrolysis) is 1. The molecule has 0 spiro atoms. The summed E-state index contributed by atoms with van der Waals surface area (Å²) in [5, 5.41) is 19.0. The molecule has 1 aliphatic carbocycles. The molecule has 1 aliphatic rings. The second-order valence-corrected chi connectivity index (χ2v) is 10.1. The number of sulfonamides is 1. The number of benzene rings is 2. The summed E-state index contributed by atoms with van der Waals surface area (Å²) in [6.45, 7) is 0.213. The van der Waals surface area contributed by atoms with E-state index in [1.165, 1.54) is 0 Å². The van der Waals surface area contributed by atoms with Crippen LogP contribution in [0.1, 0.15) is 42.7 Å². The lowest BCUT2D eigenvalue weighted by molar-refractivity contribution is -0.137. The second-order valence-electron chi connectivity index (χ2n) is 8.32. The molecule has 0 saturated heterocycles. The van der Waals surface area contributed by atoms with Gasteiger partial charge >= 0.3 is 12.1 Å². The predicted octanol–water partition coefficient (Wildman–Crippen LogP) is 1.94. The number of nitrogens with two attached hydrogens (primary N) is 1. The van der Waals surface area contributed by atoms with Gasteiger partial charge in [-0.1, -0.05) is 48.5 Å². The number of hydrogen-bond donors (Lipinski definition) is 4. The lowest BCUT2D eigenvalue weighted by Gasteiger charge is -2.19. The van der Waals surface area contributed by atoms with Crippen molar-refractivity contribution in [1.82, 2.24) is 10.6 Å². The first kappa shape index (κ1) is 26.2. The van der Waals surface area contributed by atoms with E-state index < -0.39 is 34.0 Å². The molecule has 0 radical (unpaired) electrons. The highest BCUT2D eigenvalue weighted by Crippen LogP contribution is 2.44. The third-order valence-electron chi connectivity index (χ3n) is 5.75. The number of unbranched alkanes of at least 4 members (excludes halogenated alkanes) is 1. The van der Waals surface area contributed by atoms with E-state index in [0.717, 1.165) is 22.3 Å². The standard InChI is InChI=1S/C24H29N3O7S/c25-35(32,33)14-6-5-13-26-23(30)21(11-12-22(28)29)27-24(31)34-15-20-18-9-3-1-7-16(18)17-8-2-4-10-19(17)20/h1-4,7-10,20-21H,5-6,11-15H2,(H,26,30)(H,27,31)(H,28,29)(H2,25,32,33). The fourth-order valence-electron chi connectivity index (χ4n) is 4.08. The Bertz CT molecular complexity index is 1140. The summed E-state index contributed by atoms with van der Waals surface area (Å²) in [4.78, 5) is 36.0. The Morgan fingerprint density at radius 3 is 2.17 bits per heavy atom. The zero-order valence-corrected chi connectivity index (χ0v) is 19.9. The van der Waals surface area contributed by atoms with Crippen molar-refractivity contribution in [2.24, 2.45) is 5.14 Å². The molecule has 0 bridgehead atoms. The van der Waals surface area contributed by atoms with Gasteiger partial charge in [0.2, 0.25) is 15.9 Å². The molecule has 0 heterocycles. The molecule has 1 atom stereocenters. The third kappa shape index (κ3) is 7.52. The normalized spacial score (nSPS) is 13.4. The van der Waals surface area contributed by atoms with Crippen LogP contribution in [0.4, 0.5) is 4.79 Å². The Kier molecular flexibility index (Phi) is 8.83. The molecule has 188 valence electrons. The Balaban J connectivity index is 1.56. The maximum atomic E-state index is 12.5. The number of fused-ring (bicyclic) bond motifs is 3. The van der Waals surface area contributed by atoms with Crippen molar-refractivity contribution in [3.63, 3.8) is 0 Å². The van der Waals surface area contributed by atoms with Gasteiger partial charge in [-0.15, -0.1) is 0 Å². The molecule has 1 unspecified atom stereocenters. The molecule has 35 heavy (non-hydrogen) atoms. The van der Waals surface area contributed by atoms with Crippen molar-refractivity contribution in [2.45, 2.75) is 37.6 Å². The number of amides is 2. The molecular weight excluding hydrogens is 474 g/mol. The lowest BCUT2D eigenvalue weighted by atomic mass is 9.98. The number of carboxylic acids is 1. The summed E-state index contributed by atoms with van der Waals surface area (Å²) in [5.41, 5.74) is 4.25. The van der Waals surface area contributed by atoms with Crippen molar-refractivity contribution >= 4 is 28.0 Å². The molecule has 10 nitrogen and oxygen atoms in total. The molecule has 11 heteroatoms. The Morgan fingerprint density at radius 2 is 1.60 bits per heavy atom. The van der Waals surface area contributed by atoms with E-state index in [1.54, 1.807) is 0 Å². The smallest absolute Gasteiger partial charge is 0.407 e. The number of aliphatic carboxylic acids is 1. The quantitative estimate of drug-likeness (QED) is 0.321. The van der Waals surface area contributed by atoms with E-state index in [4.69, 9.17) is 15.0 Å². The van der Waals surface area contributed by atoms with Gasteiger partial charge in [-0.05, 0) is 41.5 Å². The van der Waals surface area contributed by atoms with Crippen molar-refractivity contribution < 1.29 is 32.6 Å². The number of rotatable bonds is 12. The number of hydrogen-bond acceptors (Lipinski definition) is 6. The number of carboxylic acid groups (broad SMARTS) is 1. The van der Waals surface area contributed by atoms with Crippen molar-refractivity contribution in [1.29, 1.82) is 0 Å². The number of carbonyl (C=O) groups is 3. The van der Waals surface area contributed by atoms with Gasteiger partial charge in [0.25, 0.3) is 0 Å². The molecule has 0 aromatic heterocycles. The Labute approximate surface area is 203 Å². The predicted molar refractivity (Wildman–Crippen MR) is 129 cm³/mol. The fourth-order valence-corrected chi connectivity index (χ4v) is 4.69. The van der Waals surface area contributed by atoms with Crippen molar-refractivity contribution in [3.8, 4) is 11.1 Å². The summed E-state index contributed by atoms with van der Waals surface area (Å²) in [5.74, 6) is -2.04. The summed E-state index contributed by atoms with van der Waals surface area (Å²) in [6, 6.07) is 14.6. The van der Waals surface area contributed by atoms with E-state index in [-0.39, 0.29) is 44.1 Å². The van der Waals surface area contributed by atoms with Gasteiger partial charge in [-0.3, -0.25) is 9.59 Å². The van der Waals surface area contributed by atoms with Crippen LogP contribution in [0.25, 0.3) is 11.1 Å². The first-order valence-corrected chi connectivity index (χ1v) is 13.0. The van der Waals surface area contributed by atoms with E-state index >= 15 is 0 Å². The number of primary sulfonamides is 1. The van der Waals surface area contributed by atoms with Gasteiger partial charge in [0.15, 0.2) is 0 Å². The van der Waals surface area contributed by atoms with Crippen LogP contribution < -0.4 is 15.8 Å². The minimum Gasteiger partial charge on any atom is -0.481 e. The van der Waals surface area contributed by atoms with Crippen molar-refractivity contribution in [2.75, 3.05) is 18.9 Å². The molecule has 0 fully saturated rings. The largest absolute Gasteiger partial charge is 0.481 e. The Hall–Kier alpha value is -3.44. The molecule has 2 aromatic carbocycles. The topological polar surface area (TPSA) is 165 Å². The zero-order valence-electron chi connectivity index (χ0n) is 19.1. The lowest BCUT2D eigenvalue weighted by Crippen LogP contribution is -2.47.